The molecule has 0 radical (unpaired) electrons. The van der Waals surface area contributed by atoms with Gasteiger partial charge in [0.15, 0.2) is 0 Å². The zero-order valence-electron chi connectivity index (χ0n) is 9.94. The van der Waals surface area contributed by atoms with Crippen molar-refractivity contribution in [3.8, 4) is 0 Å². The fourth-order valence-electron chi connectivity index (χ4n) is 1.63. The standard InChI is InChI=1S/C11H20N2O2S/c1-9-11(16-10(2)12-9)8-13(5-7-15)4-3-6-14/h14-15H,3-8H2,1-2H3. The molecule has 0 saturated heterocycles. The summed E-state index contributed by atoms with van der Waals surface area (Å²) in [5, 5.41) is 18.9. The number of aliphatic hydroxyl groups excluding tert-OH is 2. The summed E-state index contributed by atoms with van der Waals surface area (Å²) in [7, 11) is 0. The van der Waals surface area contributed by atoms with Gasteiger partial charge in [-0.05, 0) is 20.3 Å². The number of hydrogen-bond donors (Lipinski definition) is 2. The van der Waals surface area contributed by atoms with Crippen LogP contribution < -0.4 is 0 Å². The Morgan fingerprint density at radius 2 is 1.94 bits per heavy atom. The molecule has 0 bridgehead atoms. The minimum Gasteiger partial charge on any atom is -0.396 e. The molecule has 1 heterocycles. The lowest BCUT2D eigenvalue weighted by Crippen LogP contribution is -2.28. The summed E-state index contributed by atoms with van der Waals surface area (Å²) in [6, 6.07) is 0. The van der Waals surface area contributed by atoms with Crippen LogP contribution in [0.5, 0.6) is 0 Å². The Kier molecular flexibility index (Phi) is 5.90. The Morgan fingerprint density at radius 3 is 2.44 bits per heavy atom. The molecule has 1 rings (SSSR count). The van der Waals surface area contributed by atoms with Gasteiger partial charge in [-0.25, -0.2) is 4.98 Å². The first-order chi connectivity index (χ1) is 7.67. The molecule has 0 amide bonds. The Morgan fingerprint density at radius 1 is 1.19 bits per heavy atom. The third kappa shape index (κ3) is 4.17. The van der Waals surface area contributed by atoms with Gasteiger partial charge in [0.1, 0.15) is 0 Å². The van der Waals surface area contributed by atoms with Gasteiger partial charge in [-0.15, -0.1) is 11.3 Å². The van der Waals surface area contributed by atoms with Crippen LogP contribution in [0.15, 0.2) is 0 Å². The zero-order valence-corrected chi connectivity index (χ0v) is 10.8. The molecule has 0 atom stereocenters. The van der Waals surface area contributed by atoms with Crippen LogP contribution in [0.1, 0.15) is 22.0 Å². The lowest BCUT2D eigenvalue weighted by atomic mass is 10.3. The summed E-state index contributed by atoms with van der Waals surface area (Å²) in [4.78, 5) is 7.79. The molecule has 4 nitrogen and oxygen atoms in total. The highest BCUT2D eigenvalue weighted by atomic mass is 32.1. The van der Waals surface area contributed by atoms with Crippen molar-refractivity contribution in [3.63, 3.8) is 0 Å². The molecule has 0 aliphatic heterocycles. The van der Waals surface area contributed by atoms with Gasteiger partial charge in [0.2, 0.25) is 0 Å². The summed E-state index contributed by atoms with van der Waals surface area (Å²) >= 11 is 1.71. The average molecular weight is 244 g/mol. The van der Waals surface area contributed by atoms with Gasteiger partial charge in [0.25, 0.3) is 0 Å². The number of nitrogens with zero attached hydrogens (tertiary/aromatic N) is 2. The highest BCUT2D eigenvalue weighted by Gasteiger charge is 2.10. The quantitative estimate of drug-likeness (QED) is 0.749. The second-order valence-electron chi connectivity index (χ2n) is 3.82. The largest absolute Gasteiger partial charge is 0.396 e. The first-order valence-corrected chi connectivity index (χ1v) is 6.36. The molecular weight excluding hydrogens is 224 g/mol. The summed E-state index contributed by atoms with van der Waals surface area (Å²) in [6.45, 7) is 6.65. The van der Waals surface area contributed by atoms with Crippen molar-refractivity contribution < 1.29 is 10.2 Å². The second kappa shape index (κ2) is 6.96. The molecule has 0 fully saturated rings. The van der Waals surface area contributed by atoms with Crippen LogP contribution in [-0.2, 0) is 6.54 Å². The lowest BCUT2D eigenvalue weighted by molar-refractivity contribution is 0.175. The number of aromatic nitrogens is 1. The summed E-state index contributed by atoms with van der Waals surface area (Å²) in [6.07, 6.45) is 0.747. The van der Waals surface area contributed by atoms with Crippen molar-refractivity contribution in [2.24, 2.45) is 0 Å². The molecule has 0 aliphatic rings. The number of hydrogen-bond acceptors (Lipinski definition) is 5. The summed E-state index contributed by atoms with van der Waals surface area (Å²) < 4.78 is 0. The van der Waals surface area contributed by atoms with Crippen LogP contribution >= 0.6 is 11.3 Å². The monoisotopic (exact) mass is 244 g/mol. The molecule has 5 heteroatoms. The van der Waals surface area contributed by atoms with Crippen molar-refractivity contribution in [1.29, 1.82) is 0 Å². The molecule has 2 N–H and O–H groups in total. The van der Waals surface area contributed by atoms with E-state index in [1.54, 1.807) is 11.3 Å². The number of rotatable bonds is 7. The molecule has 0 aliphatic carbocycles. The van der Waals surface area contributed by atoms with Gasteiger partial charge >= 0.3 is 0 Å². The smallest absolute Gasteiger partial charge is 0.0900 e. The van der Waals surface area contributed by atoms with E-state index in [0.717, 1.165) is 30.2 Å². The van der Waals surface area contributed by atoms with E-state index in [9.17, 15) is 0 Å². The van der Waals surface area contributed by atoms with Crippen molar-refractivity contribution >= 4 is 11.3 Å². The minimum absolute atomic E-state index is 0.155. The molecule has 1 aromatic heterocycles. The fourth-order valence-corrected chi connectivity index (χ4v) is 2.61. The van der Waals surface area contributed by atoms with Crippen LogP contribution in [-0.4, -0.2) is 46.4 Å². The van der Waals surface area contributed by atoms with Crippen LogP contribution in [0.2, 0.25) is 0 Å². The molecule has 92 valence electrons. The molecule has 0 aromatic carbocycles. The average Bonchev–Trinajstić information content (AvgIpc) is 2.54. The number of aliphatic hydroxyl groups is 2. The van der Waals surface area contributed by atoms with Crippen LogP contribution in [0.4, 0.5) is 0 Å². The van der Waals surface area contributed by atoms with Crippen molar-refractivity contribution in [1.82, 2.24) is 9.88 Å². The van der Waals surface area contributed by atoms with Crippen LogP contribution in [0.3, 0.4) is 0 Å². The van der Waals surface area contributed by atoms with E-state index in [4.69, 9.17) is 10.2 Å². The molecular formula is C11H20N2O2S. The van der Waals surface area contributed by atoms with Gasteiger partial charge in [-0.2, -0.15) is 0 Å². The van der Waals surface area contributed by atoms with E-state index in [2.05, 4.69) is 9.88 Å². The summed E-state index contributed by atoms with van der Waals surface area (Å²) in [5.74, 6) is 0. The maximum absolute atomic E-state index is 8.97. The summed E-state index contributed by atoms with van der Waals surface area (Å²) in [5.41, 5.74) is 1.08. The first kappa shape index (κ1) is 13.6. The maximum atomic E-state index is 8.97. The van der Waals surface area contributed by atoms with Crippen molar-refractivity contribution in [2.75, 3.05) is 26.3 Å². The SMILES string of the molecule is Cc1nc(C)c(CN(CCO)CCCO)s1. The van der Waals surface area contributed by atoms with Gasteiger partial charge in [0, 0.05) is 31.1 Å². The Balaban J connectivity index is 2.56. The number of aryl methyl sites for hydroxylation is 2. The van der Waals surface area contributed by atoms with Crippen LogP contribution in [0.25, 0.3) is 0 Å². The first-order valence-electron chi connectivity index (χ1n) is 5.54. The molecule has 16 heavy (non-hydrogen) atoms. The van der Waals surface area contributed by atoms with Gasteiger partial charge in [0.05, 0.1) is 17.3 Å². The van der Waals surface area contributed by atoms with E-state index in [0.29, 0.717) is 6.54 Å². The topological polar surface area (TPSA) is 56.6 Å². The van der Waals surface area contributed by atoms with E-state index < -0.39 is 0 Å². The molecule has 1 aromatic rings. The second-order valence-corrected chi connectivity index (χ2v) is 5.11. The molecule has 0 spiro atoms. The zero-order chi connectivity index (χ0) is 12.0. The van der Waals surface area contributed by atoms with E-state index >= 15 is 0 Å². The maximum Gasteiger partial charge on any atom is 0.0900 e. The van der Waals surface area contributed by atoms with E-state index in [1.165, 1.54) is 4.88 Å². The van der Waals surface area contributed by atoms with Crippen LogP contribution in [0, 0.1) is 13.8 Å². The Labute approximate surface area is 101 Å². The molecule has 0 saturated carbocycles. The Hall–Kier alpha value is -0.490. The minimum atomic E-state index is 0.155. The highest BCUT2D eigenvalue weighted by molar-refractivity contribution is 7.11. The fraction of sp³-hybridized carbons (Fsp3) is 0.727. The van der Waals surface area contributed by atoms with Gasteiger partial charge in [-0.3, -0.25) is 4.90 Å². The highest BCUT2D eigenvalue weighted by Crippen LogP contribution is 2.19. The van der Waals surface area contributed by atoms with E-state index in [-0.39, 0.29) is 13.2 Å². The third-order valence-electron chi connectivity index (χ3n) is 2.42. The predicted molar refractivity (Wildman–Crippen MR) is 65.7 cm³/mol. The van der Waals surface area contributed by atoms with Crippen molar-refractivity contribution in [3.05, 3.63) is 15.6 Å². The normalized spacial score (nSPS) is 11.3. The van der Waals surface area contributed by atoms with E-state index in [1.807, 2.05) is 13.8 Å². The molecule has 0 unspecified atom stereocenters. The van der Waals surface area contributed by atoms with Gasteiger partial charge in [-0.1, -0.05) is 0 Å². The number of thiazole rings is 1. The predicted octanol–water partition coefficient (Wildman–Crippen LogP) is 0.937. The third-order valence-corrected chi connectivity index (χ3v) is 3.47. The Bertz CT molecular complexity index is 315. The lowest BCUT2D eigenvalue weighted by Gasteiger charge is -2.20. The van der Waals surface area contributed by atoms with Crippen molar-refractivity contribution in [2.45, 2.75) is 26.8 Å². The van der Waals surface area contributed by atoms with Gasteiger partial charge < -0.3 is 10.2 Å².